The maximum absolute atomic E-state index is 5.82. The quantitative estimate of drug-likeness (QED) is 0.425. The van der Waals surface area contributed by atoms with Crippen LogP contribution in [0.3, 0.4) is 0 Å². The SMILES string of the molecule is C=CCCCOc1cc(Cl)nc(CC)n1. The normalized spacial score (nSPS) is 10.0. The number of nitrogens with zero attached hydrogens (tertiary/aromatic N) is 2. The molecule has 0 amide bonds. The van der Waals surface area contributed by atoms with E-state index >= 15 is 0 Å². The summed E-state index contributed by atoms with van der Waals surface area (Å²) in [4.78, 5) is 8.26. The van der Waals surface area contributed by atoms with E-state index in [0.29, 0.717) is 23.5 Å². The van der Waals surface area contributed by atoms with E-state index in [1.165, 1.54) is 0 Å². The average molecular weight is 227 g/mol. The Kier molecular flexibility index (Phi) is 5.12. The van der Waals surface area contributed by atoms with E-state index in [-0.39, 0.29) is 0 Å². The zero-order valence-corrected chi connectivity index (χ0v) is 9.63. The Bertz CT molecular complexity index is 328. The Labute approximate surface area is 95.2 Å². The summed E-state index contributed by atoms with van der Waals surface area (Å²) in [6, 6.07) is 1.63. The number of hydrogen-bond acceptors (Lipinski definition) is 3. The van der Waals surface area contributed by atoms with Gasteiger partial charge in [0, 0.05) is 12.5 Å². The third-order valence-electron chi connectivity index (χ3n) is 1.84. The van der Waals surface area contributed by atoms with Gasteiger partial charge in [-0.25, -0.2) is 4.98 Å². The summed E-state index contributed by atoms with van der Waals surface area (Å²) < 4.78 is 5.45. The predicted molar refractivity (Wildman–Crippen MR) is 61.3 cm³/mol. The number of ether oxygens (including phenoxy) is 1. The van der Waals surface area contributed by atoms with Crippen molar-refractivity contribution in [2.24, 2.45) is 0 Å². The Hall–Kier alpha value is -1.09. The predicted octanol–water partition coefficient (Wildman–Crippen LogP) is 3.04. The molecule has 0 fully saturated rings. The van der Waals surface area contributed by atoms with E-state index in [4.69, 9.17) is 16.3 Å². The largest absolute Gasteiger partial charge is 0.478 e. The van der Waals surface area contributed by atoms with Gasteiger partial charge in [0.25, 0.3) is 0 Å². The number of unbranched alkanes of at least 4 members (excludes halogenated alkanes) is 1. The Morgan fingerprint density at radius 3 is 3.00 bits per heavy atom. The van der Waals surface area contributed by atoms with Crippen molar-refractivity contribution >= 4 is 11.6 Å². The molecular weight excluding hydrogens is 212 g/mol. The minimum Gasteiger partial charge on any atom is -0.478 e. The number of aryl methyl sites for hydroxylation is 1. The summed E-state index contributed by atoms with van der Waals surface area (Å²) in [5.41, 5.74) is 0. The van der Waals surface area contributed by atoms with E-state index in [9.17, 15) is 0 Å². The molecule has 0 aromatic carbocycles. The summed E-state index contributed by atoms with van der Waals surface area (Å²) in [5, 5.41) is 0.431. The van der Waals surface area contributed by atoms with Crippen LogP contribution in [-0.2, 0) is 6.42 Å². The van der Waals surface area contributed by atoms with Crippen molar-refractivity contribution in [1.82, 2.24) is 9.97 Å². The van der Waals surface area contributed by atoms with Crippen molar-refractivity contribution in [2.45, 2.75) is 26.2 Å². The smallest absolute Gasteiger partial charge is 0.218 e. The molecule has 1 aromatic rings. The minimum atomic E-state index is 0.431. The topological polar surface area (TPSA) is 35.0 Å². The monoisotopic (exact) mass is 226 g/mol. The van der Waals surface area contributed by atoms with Crippen LogP contribution in [0.5, 0.6) is 5.88 Å². The molecule has 0 N–H and O–H groups in total. The molecule has 0 spiro atoms. The van der Waals surface area contributed by atoms with E-state index in [2.05, 4.69) is 16.5 Å². The number of hydrogen-bond donors (Lipinski definition) is 0. The van der Waals surface area contributed by atoms with Gasteiger partial charge in [0.1, 0.15) is 11.0 Å². The van der Waals surface area contributed by atoms with Crippen LogP contribution in [0, 0.1) is 0 Å². The highest BCUT2D eigenvalue weighted by atomic mass is 35.5. The van der Waals surface area contributed by atoms with Crippen molar-refractivity contribution in [1.29, 1.82) is 0 Å². The van der Waals surface area contributed by atoms with Gasteiger partial charge in [0.2, 0.25) is 5.88 Å². The molecule has 0 unspecified atom stereocenters. The Morgan fingerprint density at radius 2 is 2.33 bits per heavy atom. The lowest BCUT2D eigenvalue weighted by molar-refractivity contribution is 0.298. The molecule has 1 rings (SSSR count). The van der Waals surface area contributed by atoms with Gasteiger partial charge in [-0.2, -0.15) is 4.98 Å². The highest BCUT2D eigenvalue weighted by molar-refractivity contribution is 6.29. The van der Waals surface area contributed by atoms with Crippen LogP contribution < -0.4 is 4.74 Å². The molecular formula is C11H15ClN2O. The van der Waals surface area contributed by atoms with E-state index in [1.807, 2.05) is 13.0 Å². The maximum Gasteiger partial charge on any atom is 0.218 e. The molecule has 3 nitrogen and oxygen atoms in total. The lowest BCUT2D eigenvalue weighted by Crippen LogP contribution is -2.02. The average Bonchev–Trinajstić information content (AvgIpc) is 2.23. The fraction of sp³-hybridized carbons (Fsp3) is 0.455. The van der Waals surface area contributed by atoms with Crippen LogP contribution >= 0.6 is 11.6 Å². The van der Waals surface area contributed by atoms with Crippen LogP contribution in [0.2, 0.25) is 5.15 Å². The molecule has 15 heavy (non-hydrogen) atoms. The van der Waals surface area contributed by atoms with Crippen molar-refractivity contribution in [3.8, 4) is 5.88 Å². The van der Waals surface area contributed by atoms with Crippen molar-refractivity contribution < 1.29 is 4.74 Å². The van der Waals surface area contributed by atoms with Crippen LogP contribution in [0.25, 0.3) is 0 Å². The van der Waals surface area contributed by atoms with E-state index in [1.54, 1.807) is 6.07 Å². The molecule has 0 bridgehead atoms. The lowest BCUT2D eigenvalue weighted by atomic mass is 10.3. The molecule has 1 aromatic heterocycles. The Morgan fingerprint density at radius 1 is 1.53 bits per heavy atom. The highest BCUT2D eigenvalue weighted by Crippen LogP contribution is 2.14. The summed E-state index contributed by atoms with van der Waals surface area (Å²) in [6.07, 6.45) is 4.50. The van der Waals surface area contributed by atoms with Gasteiger partial charge >= 0.3 is 0 Å². The van der Waals surface area contributed by atoms with Crippen LogP contribution in [0.1, 0.15) is 25.6 Å². The second kappa shape index (κ2) is 6.40. The summed E-state index contributed by atoms with van der Waals surface area (Å²) in [7, 11) is 0. The van der Waals surface area contributed by atoms with Gasteiger partial charge in [0.05, 0.1) is 6.61 Å². The molecule has 4 heteroatoms. The molecule has 0 saturated carbocycles. The third-order valence-corrected chi connectivity index (χ3v) is 2.03. The van der Waals surface area contributed by atoms with Crippen LogP contribution in [0.4, 0.5) is 0 Å². The summed E-state index contributed by atoms with van der Waals surface area (Å²) in [5.74, 6) is 1.26. The fourth-order valence-electron chi connectivity index (χ4n) is 1.08. The number of rotatable bonds is 6. The standard InChI is InChI=1S/C11H15ClN2O/c1-3-5-6-7-15-11-8-9(12)13-10(4-2)14-11/h3,8H,1,4-7H2,2H3. The minimum absolute atomic E-state index is 0.431. The van der Waals surface area contributed by atoms with E-state index in [0.717, 1.165) is 19.3 Å². The van der Waals surface area contributed by atoms with Gasteiger partial charge in [-0.05, 0) is 12.8 Å². The first-order valence-electron chi connectivity index (χ1n) is 5.03. The van der Waals surface area contributed by atoms with Gasteiger partial charge in [-0.15, -0.1) is 6.58 Å². The van der Waals surface area contributed by atoms with Gasteiger partial charge in [-0.1, -0.05) is 24.6 Å². The maximum atomic E-state index is 5.82. The zero-order valence-electron chi connectivity index (χ0n) is 8.87. The molecule has 0 aliphatic heterocycles. The second-order valence-corrected chi connectivity index (χ2v) is 3.47. The van der Waals surface area contributed by atoms with Crippen molar-refractivity contribution in [3.63, 3.8) is 0 Å². The number of halogens is 1. The van der Waals surface area contributed by atoms with Crippen LogP contribution in [-0.4, -0.2) is 16.6 Å². The first-order chi connectivity index (χ1) is 7.26. The number of aromatic nitrogens is 2. The van der Waals surface area contributed by atoms with Gasteiger partial charge in [0.15, 0.2) is 0 Å². The molecule has 0 aliphatic rings. The molecule has 82 valence electrons. The Balaban J connectivity index is 2.52. The van der Waals surface area contributed by atoms with Crippen molar-refractivity contribution in [3.05, 3.63) is 29.7 Å². The lowest BCUT2D eigenvalue weighted by Gasteiger charge is -2.05. The van der Waals surface area contributed by atoms with Gasteiger partial charge < -0.3 is 4.74 Å². The van der Waals surface area contributed by atoms with Crippen molar-refractivity contribution in [2.75, 3.05) is 6.61 Å². The molecule has 0 radical (unpaired) electrons. The van der Waals surface area contributed by atoms with Gasteiger partial charge in [-0.3, -0.25) is 0 Å². The highest BCUT2D eigenvalue weighted by Gasteiger charge is 2.02. The molecule has 0 aliphatic carbocycles. The fourth-order valence-corrected chi connectivity index (χ4v) is 1.27. The molecule has 0 atom stereocenters. The van der Waals surface area contributed by atoms with E-state index < -0.39 is 0 Å². The third kappa shape index (κ3) is 4.30. The zero-order chi connectivity index (χ0) is 11.1. The first kappa shape index (κ1) is 12.0. The molecule has 1 heterocycles. The summed E-state index contributed by atoms with van der Waals surface area (Å²) in [6.45, 7) is 6.25. The first-order valence-corrected chi connectivity index (χ1v) is 5.41. The molecule has 0 saturated heterocycles. The summed E-state index contributed by atoms with van der Waals surface area (Å²) >= 11 is 5.82. The number of allylic oxidation sites excluding steroid dienone is 1. The van der Waals surface area contributed by atoms with Crippen LogP contribution in [0.15, 0.2) is 18.7 Å². The second-order valence-electron chi connectivity index (χ2n) is 3.08.